The molecular formula is C22H30N6O3S. The van der Waals surface area contributed by atoms with E-state index in [0.717, 1.165) is 31.4 Å². The average Bonchev–Trinajstić information content (AvgIpc) is 3.30. The van der Waals surface area contributed by atoms with E-state index in [0.29, 0.717) is 40.3 Å². The van der Waals surface area contributed by atoms with Crippen LogP contribution in [0, 0.1) is 0 Å². The second-order valence-corrected chi connectivity index (χ2v) is 8.40. The number of urea groups is 1. The first-order valence-electron chi connectivity index (χ1n) is 10.6. The van der Waals surface area contributed by atoms with Gasteiger partial charge in [0.05, 0.1) is 30.0 Å². The summed E-state index contributed by atoms with van der Waals surface area (Å²) in [6.45, 7) is 0.428. The zero-order chi connectivity index (χ0) is 22.8. The summed E-state index contributed by atoms with van der Waals surface area (Å²) in [6, 6.07) is 5.29. The quantitative estimate of drug-likeness (QED) is 0.318. The van der Waals surface area contributed by atoms with Crippen LogP contribution < -0.4 is 16.4 Å². The molecule has 0 aromatic carbocycles. The smallest absolute Gasteiger partial charge is 0.320 e. The zero-order valence-corrected chi connectivity index (χ0v) is 19.0. The van der Waals surface area contributed by atoms with E-state index in [9.17, 15) is 9.90 Å². The van der Waals surface area contributed by atoms with Crippen molar-refractivity contribution in [2.45, 2.75) is 31.7 Å². The number of nitrogens with one attached hydrogen (secondary N) is 2. The lowest BCUT2D eigenvalue weighted by Gasteiger charge is -2.13. The van der Waals surface area contributed by atoms with Gasteiger partial charge in [0.1, 0.15) is 12.5 Å². The predicted molar refractivity (Wildman–Crippen MR) is 130 cm³/mol. The van der Waals surface area contributed by atoms with Gasteiger partial charge in [0.15, 0.2) is 0 Å². The number of carbonyl (C=O) groups is 1. The summed E-state index contributed by atoms with van der Waals surface area (Å²) in [7, 11) is 0. The number of thioether (sulfide) groups is 1. The summed E-state index contributed by atoms with van der Waals surface area (Å²) < 4.78 is 5.45. The average molecular weight is 459 g/mol. The van der Waals surface area contributed by atoms with Crippen molar-refractivity contribution in [2.24, 2.45) is 10.7 Å². The molecule has 2 amide bonds. The van der Waals surface area contributed by atoms with E-state index >= 15 is 0 Å². The molecule has 172 valence electrons. The number of aliphatic imine (C=N–C) groups is 1. The predicted octanol–water partition coefficient (Wildman–Crippen LogP) is 2.76. The summed E-state index contributed by atoms with van der Waals surface area (Å²) in [5, 5.41) is 15.6. The summed E-state index contributed by atoms with van der Waals surface area (Å²) in [5.74, 6) is 1.31. The molecule has 5 N–H and O–H groups in total. The maximum atomic E-state index is 12.3. The Labute approximate surface area is 191 Å². The number of carbonyl (C=O) groups excluding carboxylic acids is 1. The van der Waals surface area contributed by atoms with E-state index in [-0.39, 0.29) is 25.4 Å². The fraction of sp³-hybridized carbons (Fsp3) is 0.455. The molecule has 2 aromatic heterocycles. The van der Waals surface area contributed by atoms with Gasteiger partial charge in [0, 0.05) is 35.3 Å². The maximum absolute atomic E-state index is 12.3. The minimum absolute atomic E-state index is 0.136. The molecule has 9 nitrogen and oxygen atoms in total. The minimum atomic E-state index is -0.288. The second-order valence-electron chi connectivity index (χ2n) is 7.41. The third kappa shape index (κ3) is 6.65. The first-order chi connectivity index (χ1) is 15.6. The third-order valence-corrected chi connectivity index (χ3v) is 5.76. The van der Waals surface area contributed by atoms with Crippen molar-refractivity contribution >= 4 is 45.9 Å². The molecule has 10 heteroatoms. The maximum Gasteiger partial charge on any atom is 0.320 e. The molecule has 32 heavy (non-hydrogen) atoms. The number of nitrogens with zero attached hydrogens (tertiary/aromatic N) is 3. The van der Waals surface area contributed by atoms with E-state index < -0.39 is 0 Å². The Bertz CT molecular complexity index is 975. The van der Waals surface area contributed by atoms with Gasteiger partial charge in [-0.05, 0) is 37.3 Å². The number of aromatic nitrogens is 2. The molecular weight excluding hydrogens is 428 g/mol. The number of anilines is 1. The molecule has 0 aliphatic heterocycles. The van der Waals surface area contributed by atoms with Crippen LogP contribution in [-0.2, 0) is 4.74 Å². The molecule has 1 aliphatic carbocycles. The van der Waals surface area contributed by atoms with Gasteiger partial charge >= 0.3 is 6.03 Å². The van der Waals surface area contributed by atoms with Crippen LogP contribution in [0.15, 0.2) is 35.6 Å². The summed E-state index contributed by atoms with van der Waals surface area (Å²) in [5.41, 5.74) is 8.73. The number of nitrogens with two attached hydrogens (primary N) is 1. The normalized spacial score (nSPS) is 15.3. The van der Waals surface area contributed by atoms with E-state index in [2.05, 4.69) is 25.6 Å². The SMILES string of the molecule is CSCCOCN=C(CO)C(=CN)c1cnc2ccc(NC(=O)NC3CCCC3)nc2c1. The first kappa shape index (κ1) is 24.0. The zero-order valence-electron chi connectivity index (χ0n) is 18.2. The Morgan fingerprint density at radius 2 is 2.19 bits per heavy atom. The van der Waals surface area contributed by atoms with Gasteiger partial charge in [-0.2, -0.15) is 11.8 Å². The minimum Gasteiger partial charge on any atom is -0.404 e. The summed E-state index contributed by atoms with van der Waals surface area (Å²) in [4.78, 5) is 25.5. The van der Waals surface area contributed by atoms with Crippen LogP contribution in [0.5, 0.6) is 0 Å². The fourth-order valence-corrected chi connectivity index (χ4v) is 3.83. The standard InChI is InChI=1S/C22H30N6O3S/c1-32-9-8-31-14-25-20(13-29)17(11-23)15-10-19-18(24-12-15)6-7-21(27-19)28-22(30)26-16-4-2-3-5-16/h6-7,10-12,16,29H,2-5,8-9,13-14,23H2,1H3,(H2,26,27,28,30). The van der Waals surface area contributed by atoms with Crippen molar-refractivity contribution in [3.05, 3.63) is 36.2 Å². The van der Waals surface area contributed by atoms with Crippen molar-refractivity contribution in [3.63, 3.8) is 0 Å². The lowest BCUT2D eigenvalue weighted by atomic mass is 10.0. The number of pyridine rings is 2. The van der Waals surface area contributed by atoms with Gasteiger partial charge in [0.2, 0.25) is 0 Å². The largest absolute Gasteiger partial charge is 0.404 e. The number of hydrogen-bond donors (Lipinski definition) is 4. The van der Waals surface area contributed by atoms with Gasteiger partial charge in [-0.1, -0.05) is 12.8 Å². The molecule has 0 saturated heterocycles. The molecule has 0 bridgehead atoms. The fourth-order valence-electron chi connectivity index (χ4n) is 3.54. The second kappa shape index (κ2) is 12.4. The molecule has 2 heterocycles. The molecule has 0 atom stereocenters. The van der Waals surface area contributed by atoms with Crippen LogP contribution in [-0.4, -0.2) is 64.8 Å². The number of rotatable bonds is 10. The van der Waals surface area contributed by atoms with Crippen LogP contribution in [0.25, 0.3) is 16.6 Å². The van der Waals surface area contributed by atoms with Crippen molar-refractivity contribution in [3.8, 4) is 0 Å². The van der Waals surface area contributed by atoms with Crippen molar-refractivity contribution in [1.29, 1.82) is 0 Å². The highest BCUT2D eigenvalue weighted by molar-refractivity contribution is 7.98. The van der Waals surface area contributed by atoms with Crippen LogP contribution >= 0.6 is 11.8 Å². The molecule has 2 aromatic rings. The van der Waals surface area contributed by atoms with Gasteiger partial charge < -0.3 is 20.9 Å². The van der Waals surface area contributed by atoms with Gasteiger partial charge in [-0.15, -0.1) is 0 Å². The summed E-state index contributed by atoms with van der Waals surface area (Å²) >= 11 is 1.69. The molecule has 1 aliphatic rings. The number of hydrogen-bond acceptors (Lipinski definition) is 8. The topological polar surface area (TPSA) is 135 Å². The Kier molecular flexibility index (Phi) is 9.27. The Morgan fingerprint density at radius 1 is 1.38 bits per heavy atom. The number of fused-ring (bicyclic) bond motifs is 1. The van der Waals surface area contributed by atoms with Gasteiger partial charge in [-0.25, -0.2) is 9.78 Å². The Morgan fingerprint density at radius 3 is 2.91 bits per heavy atom. The van der Waals surface area contributed by atoms with Crippen LogP contribution in [0.4, 0.5) is 10.6 Å². The molecule has 0 spiro atoms. The van der Waals surface area contributed by atoms with E-state index in [4.69, 9.17) is 10.5 Å². The molecule has 3 rings (SSSR count). The lowest BCUT2D eigenvalue weighted by Crippen LogP contribution is -2.36. The molecule has 0 unspecified atom stereocenters. The third-order valence-electron chi connectivity index (χ3n) is 5.19. The van der Waals surface area contributed by atoms with E-state index in [1.54, 1.807) is 36.2 Å². The van der Waals surface area contributed by atoms with Crippen molar-refractivity contribution < 1.29 is 14.6 Å². The van der Waals surface area contributed by atoms with E-state index in [1.165, 1.54) is 6.20 Å². The highest BCUT2D eigenvalue weighted by atomic mass is 32.2. The highest BCUT2D eigenvalue weighted by Gasteiger charge is 2.17. The molecule has 1 saturated carbocycles. The van der Waals surface area contributed by atoms with Crippen LogP contribution in [0.2, 0.25) is 0 Å². The number of ether oxygens (including phenoxy) is 1. The van der Waals surface area contributed by atoms with Crippen LogP contribution in [0.3, 0.4) is 0 Å². The lowest BCUT2D eigenvalue weighted by molar-refractivity contribution is 0.158. The first-order valence-corrected chi connectivity index (χ1v) is 12.0. The number of aliphatic hydroxyl groups excluding tert-OH is 1. The van der Waals surface area contributed by atoms with E-state index in [1.807, 2.05) is 6.26 Å². The van der Waals surface area contributed by atoms with Gasteiger partial charge in [-0.3, -0.25) is 15.3 Å². The Balaban J connectivity index is 1.74. The highest BCUT2D eigenvalue weighted by Crippen LogP contribution is 2.21. The number of aliphatic hydroxyl groups is 1. The van der Waals surface area contributed by atoms with Crippen molar-refractivity contribution in [2.75, 3.05) is 37.3 Å². The molecule has 1 fully saturated rings. The number of amides is 2. The molecule has 0 radical (unpaired) electrons. The van der Waals surface area contributed by atoms with Gasteiger partial charge in [0.25, 0.3) is 0 Å². The van der Waals surface area contributed by atoms with Crippen LogP contribution in [0.1, 0.15) is 31.2 Å². The van der Waals surface area contributed by atoms with Crippen molar-refractivity contribution in [1.82, 2.24) is 15.3 Å². The Hall–Kier alpha value is -2.69. The summed E-state index contributed by atoms with van der Waals surface area (Å²) in [6.07, 6.45) is 9.36. The monoisotopic (exact) mass is 458 g/mol.